The molecular weight excluding hydrogens is 230 g/mol. The van der Waals surface area contributed by atoms with Crippen LogP contribution in [0.15, 0.2) is 12.3 Å². The standard InChI is InChI=1S/C13H15N3O2/c17-13(18)9-6-10-12(14-7-9)16-11(15-10)5-8-3-1-2-4-8/h6-8H,1-5H2,(H,17,18)(H,14,15,16). The maximum Gasteiger partial charge on any atom is 0.337 e. The maximum atomic E-state index is 10.9. The van der Waals surface area contributed by atoms with Crippen LogP contribution in [0.3, 0.4) is 0 Å². The summed E-state index contributed by atoms with van der Waals surface area (Å²) < 4.78 is 0. The summed E-state index contributed by atoms with van der Waals surface area (Å²) in [6, 6.07) is 1.59. The van der Waals surface area contributed by atoms with Crippen LogP contribution in [0.1, 0.15) is 41.9 Å². The van der Waals surface area contributed by atoms with Gasteiger partial charge >= 0.3 is 5.97 Å². The summed E-state index contributed by atoms with van der Waals surface area (Å²) in [5, 5.41) is 8.91. The van der Waals surface area contributed by atoms with Crippen LogP contribution < -0.4 is 0 Å². The highest BCUT2D eigenvalue weighted by Gasteiger charge is 2.17. The van der Waals surface area contributed by atoms with Gasteiger partial charge in [0.25, 0.3) is 0 Å². The summed E-state index contributed by atoms with van der Waals surface area (Å²) in [7, 11) is 0. The van der Waals surface area contributed by atoms with E-state index >= 15 is 0 Å². The van der Waals surface area contributed by atoms with E-state index in [0.29, 0.717) is 17.1 Å². The van der Waals surface area contributed by atoms with Crippen molar-refractivity contribution in [3.05, 3.63) is 23.7 Å². The molecule has 5 heteroatoms. The Morgan fingerprint density at radius 3 is 2.94 bits per heavy atom. The number of carboxylic acids is 1. The average Bonchev–Trinajstić information content (AvgIpc) is 2.96. The van der Waals surface area contributed by atoms with Crippen LogP contribution in [-0.2, 0) is 6.42 Å². The maximum absolute atomic E-state index is 10.9. The first-order valence-electron chi connectivity index (χ1n) is 6.30. The van der Waals surface area contributed by atoms with Gasteiger partial charge in [0.1, 0.15) is 5.82 Å². The molecule has 0 bridgehead atoms. The van der Waals surface area contributed by atoms with Gasteiger partial charge in [0.05, 0.1) is 11.1 Å². The highest BCUT2D eigenvalue weighted by Crippen LogP contribution is 2.27. The van der Waals surface area contributed by atoms with Crippen LogP contribution in [0.2, 0.25) is 0 Å². The Bertz CT molecular complexity index is 585. The lowest BCUT2D eigenvalue weighted by Gasteiger charge is -2.04. The topological polar surface area (TPSA) is 78.9 Å². The van der Waals surface area contributed by atoms with Gasteiger partial charge in [-0.05, 0) is 12.0 Å². The molecule has 0 unspecified atom stereocenters. The molecule has 0 amide bonds. The third-order valence-corrected chi connectivity index (χ3v) is 3.59. The van der Waals surface area contributed by atoms with Gasteiger partial charge in [-0.15, -0.1) is 0 Å². The quantitative estimate of drug-likeness (QED) is 0.870. The number of nitrogens with one attached hydrogen (secondary N) is 1. The Kier molecular flexibility index (Phi) is 2.74. The molecule has 0 spiro atoms. The molecule has 0 saturated heterocycles. The second kappa shape index (κ2) is 4.40. The van der Waals surface area contributed by atoms with Crippen molar-refractivity contribution >= 4 is 17.1 Å². The molecule has 1 fully saturated rings. The number of fused-ring (bicyclic) bond motifs is 1. The molecule has 2 aromatic heterocycles. The van der Waals surface area contributed by atoms with Gasteiger partial charge < -0.3 is 10.1 Å². The number of aromatic nitrogens is 3. The number of pyridine rings is 1. The number of nitrogens with zero attached hydrogens (tertiary/aromatic N) is 2. The lowest BCUT2D eigenvalue weighted by molar-refractivity contribution is 0.0696. The zero-order chi connectivity index (χ0) is 12.5. The van der Waals surface area contributed by atoms with Gasteiger partial charge in [-0.2, -0.15) is 0 Å². The van der Waals surface area contributed by atoms with E-state index in [0.717, 1.165) is 12.2 Å². The minimum Gasteiger partial charge on any atom is -0.478 e. The lowest BCUT2D eigenvalue weighted by Crippen LogP contribution is -2.00. The highest BCUT2D eigenvalue weighted by molar-refractivity contribution is 5.90. The Morgan fingerprint density at radius 1 is 1.44 bits per heavy atom. The molecule has 1 aliphatic rings. The molecule has 2 aromatic rings. The molecule has 1 saturated carbocycles. The molecule has 18 heavy (non-hydrogen) atoms. The minimum atomic E-state index is -0.962. The first kappa shape index (κ1) is 11.2. The summed E-state index contributed by atoms with van der Waals surface area (Å²) >= 11 is 0. The van der Waals surface area contributed by atoms with E-state index < -0.39 is 5.97 Å². The number of carbonyl (C=O) groups is 1. The van der Waals surface area contributed by atoms with Crippen molar-refractivity contribution < 1.29 is 9.90 Å². The van der Waals surface area contributed by atoms with Crippen molar-refractivity contribution in [1.82, 2.24) is 15.0 Å². The summed E-state index contributed by atoms with van der Waals surface area (Å²) in [5.41, 5.74) is 1.51. The zero-order valence-electron chi connectivity index (χ0n) is 10.0. The number of carboxylic acid groups (broad SMARTS) is 1. The van der Waals surface area contributed by atoms with Crippen LogP contribution in [0.4, 0.5) is 0 Å². The molecule has 0 aromatic carbocycles. The highest BCUT2D eigenvalue weighted by atomic mass is 16.4. The summed E-state index contributed by atoms with van der Waals surface area (Å²) in [4.78, 5) is 22.5. The lowest BCUT2D eigenvalue weighted by atomic mass is 10.0. The first-order valence-corrected chi connectivity index (χ1v) is 6.30. The van der Waals surface area contributed by atoms with Crippen molar-refractivity contribution in [2.75, 3.05) is 0 Å². The Morgan fingerprint density at radius 2 is 2.22 bits per heavy atom. The van der Waals surface area contributed by atoms with Crippen molar-refractivity contribution in [3.63, 3.8) is 0 Å². The van der Waals surface area contributed by atoms with Crippen LogP contribution in [-0.4, -0.2) is 26.0 Å². The van der Waals surface area contributed by atoms with Gasteiger partial charge in [-0.1, -0.05) is 25.7 Å². The van der Waals surface area contributed by atoms with Gasteiger partial charge in [0.15, 0.2) is 5.65 Å². The van der Waals surface area contributed by atoms with Crippen LogP contribution >= 0.6 is 0 Å². The number of rotatable bonds is 3. The second-order valence-corrected chi connectivity index (χ2v) is 4.94. The molecule has 0 aliphatic heterocycles. The van der Waals surface area contributed by atoms with E-state index in [1.165, 1.54) is 31.9 Å². The fourth-order valence-corrected chi connectivity index (χ4v) is 2.65. The average molecular weight is 245 g/mol. The van der Waals surface area contributed by atoms with E-state index in [-0.39, 0.29) is 5.56 Å². The fourth-order valence-electron chi connectivity index (χ4n) is 2.65. The number of hydrogen-bond acceptors (Lipinski definition) is 3. The predicted octanol–water partition coefficient (Wildman–Crippen LogP) is 2.39. The van der Waals surface area contributed by atoms with Gasteiger partial charge in [0, 0.05) is 12.6 Å². The Hall–Kier alpha value is -1.91. The first-order chi connectivity index (χ1) is 8.72. The van der Waals surface area contributed by atoms with Gasteiger partial charge in [0.2, 0.25) is 0 Å². The SMILES string of the molecule is O=C(O)c1cnc2nc(CC3CCCC3)[nH]c2c1. The molecule has 1 aliphatic carbocycles. The van der Waals surface area contributed by atoms with E-state index in [1.807, 2.05) is 0 Å². The van der Waals surface area contributed by atoms with E-state index in [2.05, 4.69) is 15.0 Å². The smallest absolute Gasteiger partial charge is 0.337 e. The van der Waals surface area contributed by atoms with E-state index in [9.17, 15) is 4.79 Å². The summed E-state index contributed by atoms with van der Waals surface area (Å²) in [6.07, 6.45) is 7.46. The van der Waals surface area contributed by atoms with Crippen LogP contribution in [0, 0.1) is 5.92 Å². The molecule has 94 valence electrons. The second-order valence-electron chi connectivity index (χ2n) is 4.94. The van der Waals surface area contributed by atoms with Gasteiger partial charge in [-0.3, -0.25) is 0 Å². The van der Waals surface area contributed by atoms with Gasteiger partial charge in [-0.25, -0.2) is 14.8 Å². The minimum absolute atomic E-state index is 0.193. The van der Waals surface area contributed by atoms with Crippen molar-refractivity contribution in [3.8, 4) is 0 Å². The number of aromatic amines is 1. The molecule has 5 nitrogen and oxygen atoms in total. The van der Waals surface area contributed by atoms with E-state index in [4.69, 9.17) is 5.11 Å². The van der Waals surface area contributed by atoms with Crippen LogP contribution in [0.25, 0.3) is 11.2 Å². The number of imidazole rings is 1. The molecule has 0 atom stereocenters. The molecule has 2 heterocycles. The number of hydrogen-bond donors (Lipinski definition) is 2. The number of aromatic carboxylic acids is 1. The molecule has 2 N–H and O–H groups in total. The largest absolute Gasteiger partial charge is 0.478 e. The third kappa shape index (κ3) is 2.08. The van der Waals surface area contributed by atoms with Crippen molar-refractivity contribution in [2.24, 2.45) is 5.92 Å². The van der Waals surface area contributed by atoms with Crippen molar-refractivity contribution in [1.29, 1.82) is 0 Å². The molecular formula is C13H15N3O2. The van der Waals surface area contributed by atoms with Crippen LogP contribution in [0.5, 0.6) is 0 Å². The Labute approximate surface area is 104 Å². The fraction of sp³-hybridized carbons (Fsp3) is 0.462. The molecule has 3 rings (SSSR count). The number of H-pyrrole nitrogens is 1. The monoisotopic (exact) mass is 245 g/mol. The normalized spacial score (nSPS) is 16.4. The van der Waals surface area contributed by atoms with Crippen molar-refractivity contribution in [2.45, 2.75) is 32.1 Å². The Balaban J connectivity index is 1.87. The summed E-state index contributed by atoms with van der Waals surface area (Å²) in [5.74, 6) is 0.674. The predicted molar refractivity (Wildman–Crippen MR) is 66.5 cm³/mol. The molecule has 0 radical (unpaired) electrons. The summed E-state index contributed by atoms with van der Waals surface area (Å²) in [6.45, 7) is 0. The van der Waals surface area contributed by atoms with E-state index in [1.54, 1.807) is 6.07 Å². The zero-order valence-corrected chi connectivity index (χ0v) is 10.0. The third-order valence-electron chi connectivity index (χ3n) is 3.59.